The highest BCUT2D eigenvalue weighted by atomic mass is 16.6. The predicted molar refractivity (Wildman–Crippen MR) is 76.9 cm³/mol. The van der Waals surface area contributed by atoms with Crippen LogP contribution in [0.1, 0.15) is 18.5 Å². The molecule has 0 radical (unpaired) electrons. The van der Waals surface area contributed by atoms with Crippen LogP contribution in [0.5, 0.6) is 0 Å². The second kappa shape index (κ2) is 5.79. The highest BCUT2D eigenvalue weighted by Crippen LogP contribution is 2.24. The molecule has 1 fully saturated rings. The van der Waals surface area contributed by atoms with Crippen LogP contribution in [0, 0.1) is 16.0 Å². The molecule has 112 valence electrons. The predicted octanol–water partition coefficient (Wildman–Crippen LogP) is 1.45. The Hall–Kier alpha value is -1.99. The first-order valence-electron chi connectivity index (χ1n) is 7.12. The number of piperidine rings is 1. The molecular formula is C14H18N4O3. The van der Waals surface area contributed by atoms with Crippen LogP contribution in [-0.4, -0.2) is 44.0 Å². The largest absolute Gasteiger partial charge is 0.396 e. The summed E-state index contributed by atoms with van der Waals surface area (Å²) in [5.74, 6) is 0.298. The number of aliphatic hydroxyl groups excluding tert-OH is 1. The molecule has 7 heteroatoms. The molecule has 0 aromatic carbocycles. The van der Waals surface area contributed by atoms with Crippen molar-refractivity contribution in [2.24, 2.45) is 5.92 Å². The fourth-order valence-corrected chi connectivity index (χ4v) is 2.99. The Morgan fingerprint density at radius 2 is 2.33 bits per heavy atom. The Balaban J connectivity index is 1.89. The summed E-state index contributed by atoms with van der Waals surface area (Å²) >= 11 is 0. The van der Waals surface area contributed by atoms with Crippen molar-refractivity contribution >= 4 is 11.5 Å². The van der Waals surface area contributed by atoms with Gasteiger partial charge in [-0.15, -0.1) is 0 Å². The molecule has 3 heterocycles. The van der Waals surface area contributed by atoms with Crippen molar-refractivity contribution in [2.45, 2.75) is 19.4 Å². The van der Waals surface area contributed by atoms with Crippen molar-refractivity contribution in [1.29, 1.82) is 0 Å². The monoisotopic (exact) mass is 290 g/mol. The van der Waals surface area contributed by atoms with E-state index in [0.29, 0.717) is 17.9 Å². The highest BCUT2D eigenvalue weighted by Gasteiger charge is 2.26. The van der Waals surface area contributed by atoms with Gasteiger partial charge in [0.1, 0.15) is 0 Å². The molecule has 3 rings (SSSR count). The first-order chi connectivity index (χ1) is 10.2. The zero-order valence-corrected chi connectivity index (χ0v) is 11.7. The zero-order chi connectivity index (χ0) is 14.8. The van der Waals surface area contributed by atoms with E-state index in [4.69, 9.17) is 0 Å². The van der Waals surface area contributed by atoms with Crippen molar-refractivity contribution < 1.29 is 10.0 Å². The molecule has 1 aliphatic heterocycles. The van der Waals surface area contributed by atoms with Gasteiger partial charge in [0.25, 0.3) is 0 Å². The van der Waals surface area contributed by atoms with Gasteiger partial charge in [-0.05, 0) is 36.3 Å². The first kappa shape index (κ1) is 14.0. The van der Waals surface area contributed by atoms with Crippen LogP contribution in [0.3, 0.4) is 0 Å². The van der Waals surface area contributed by atoms with Crippen LogP contribution < -0.4 is 0 Å². The minimum atomic E-state index is -0.372. The number of hydrogen-bond acceptors (Lipinski definition) is 5. The number of likely N-dealkylation sites (tertiary alicyclic amines) is 1. The van der Waals surface area contributed by atoms with Crippen LogP contribution in [-0.2, 0) is 6.54 Å². The summed E-state index contributed by atoms with van der Waals surface area (Å²) in [5, 5.41) is 20.6. The Morgan fingerprint density at radius 1 is 1.48 bits per heavy atom. The molecule has 1 saturated heterocycles. The second-order valence-electron chi connectivity index (χ2n) is 5.49. The molecule has 0 spiro atoms. The molecular weight excluding hydrogens is 272 g/mol. The van der Waals surface area contributed by atoms with Crippen molar-refractivity contribution in [3.63, 3.8) is 0 Å². The van der Waals surface area contributed by atoms with E-state index < -0.39 is 0 Å². The van der Waals surface area contributed by atoms with Gasteiger partial charge < -0.3 is 15.2 Å². The minimum Gasteiger partial charge on any atom is -0.396 e. The normalized spacial score (nSPS) is 20.0. The molecule has 2 aromatic heterocycles. The van der Waals surface area contributed by atoms with Gasteiger partial charge in [-0.25, -0.2) is 4.98 Å². The smallest absolute Gasteiger partial charge is 0.352 e. The van der Waals surface area contributed by atoms with Crippen LogP contribution in [0.2, 0.25) is 0 Å². The van der Waals surface area contributed by atoms with E-state index in [1.807, 2.05) is 6.07 Å². The third-order valence-electron chi connectivity index (χ3n) is 3.98. The molecule has 7 nitrogen and oxygen atoms in total. The van der Waals surface area contributed by atoms with E-state index in [9.17, 15) is 15.2 Å². The van der Waals surface area contributed by atoms with Gasteiger partial charge in [0, 0.05) is 25.8 Å². The standard InChI is InChI=1S/C14H18N4O3/c19-10-11-4-3-6-16(8-11)9-12-14(18(20)21)17-7-2-1-5-13(17)15-12/h1-2,5,7,11,19H,3-4,6,8-10H2. The Morgan fingerprint density at radius 3 is 3.10 bits per heavy atom. The number of fused-ring (bicyclic) bond motifs is 1. The minimum absolute atomic E-state index is 0.0386. The lowest BCUT2D eigenvalue weighted by Crippen LogP contribution is -2.36. The Bertz CT molecular complexity index is 655. The van der Waals surface area contributed by atoms with Crippen molar-refractivity contribution in [1.82, 2.24) is 14.3 Å². The SMILES string of the molecule is O=[N+]([O-])c1c(CN2CCCC(CO)C2)nc2ccccn12. The summed E-state index contributed by atoms with van der Waals surface area (Å²) in [5.41, 5.74) is 1.08. The van der Waals surface area contributed by atoms with E-state index in [-0.39, 0.29) is 23.3 Å². The van der Waals surface area contributed by atoms with Crippen LogP contribution in [0.15, 0.2) is 24.4 Å². The maximum Gasteiger partial charge on any atom is 0.352 e. The molecule has 2 aromatic rings. The topological polar surface area (TPSA) is 83.9 Å². The van der Waals surface area contributed by atoms with Crippen molar-refractivity contribution in [3.05, 3.63) is 40.2 Å². The van der Waals surface area contributed by atoms with Crippen LogP contribution in [0.4, 0.5) is 5.82 Å². The maximum atomic E-state index is 11.3. The summed E-state index contributed by atoms with van der Waals surface area (Å²) in [6.07, 6.45) is 3.68. The van der Waals surface area contributed by atoms with E-state index >= 15 is 0 Å². The summed E-state index contributed by atoms with van der Waals surface area (Å²) in [6.45, 7) is 2.28. The number of hydrogen-bond donors (Lipinski definition) is 1. The average Bonchev–Trinajstić information content (AvgIpc) is 2.85. The zero-order valence-electron chi connectivity index (χ0n) is 11.7. The molecule has 1 unspecified atom stereocenters. The molecule has 0 bridgehead atoms. The summed E-state index contributed by atoms with van der Waals surface area (Å²) < 4.78 is 1.52. The third kappa shape index (κ3) is 2.74. The van der Waals surface area contributed by atoms with Gasteiger partial charge in [-0.2, -0.15) is 4.40 Å². The fourth-order valence-electron chi connectivity index (χ4n) is 2.99. The van der Waals surface area contributed by atoms with Gasteiger partial charge in [0.05, 0.1) is 6.20 Å². The molecule has 0 amide bonds. The molecule has 0 aliphatic carbocycles. The van der Waals surface area contributed by atoms with Gasteiger partial charge in [-0.1, -0.05) is 6.07 Å². The number of nitrogens with zero attached hydrogens (tertiary/aromatic N) is 4. The fraction of sp³-hybridized carbons (Fsp3) is 0.500. The lowest BCUT2D eigenvalue weighted by Gasteiger charge is -2.30. The van der Waals surface area contributed by atoms with Gasteiger partial charge >= 0.3 is 5.82 Å². The maximum absolute atomic E-state index is 11.3. The molecule has 0 saturated carbocycles. The van der Waals surface area contributed by atoms with Crippen LogP contribution in [0.25, 0.3) is 5.65 Å². The summed E-state index contributed by atoms with van der Waals surface area (Å²) in [7, 11) is 0. The summed E-state index contributed by atoms with van der Waals surface area (Å²) in [6, 6.07) is 5.34. The molecule has 1 aliphatic rings. The van der Waals surface area contributed by atoms with E-state index in [2.05, 4.69) is 9.88 Å². The quantitative estimate of drug-likeness (QED) is 0.680. The number of rotatable bonds is 4. The Labute approximate surface area is 122 Å². The second-order valence-corrected chi connectivity index (χ2v) is 5.49. The highest BCUT2D eigenvalue weighted by molar-refractivity contribution is 5.48. The number of aromatic nitrogens is 2. The van der Waals surface area contributed by atoms with E-state index in [1.54, 1.807) is 18.3 Å². The van der Waals surface area contributed by atoms with Gasteiger partial charge in [-0.3, -0.25) is 4.90 Å². The number of aliphatic hydroxyl groups is 1. The third-order valence-corrected chi connectivity index (χ3v) is 3.98. The Kier molecular flexibility index (Phi) is 3.85. The molecule has 1 N–H and O–H groups in total. The lowest BCUT2D eigenvalue weighted by atomic mass is 9.99. The number of nitro groups is 1. The molecule has 1 atom stereocenters. The number of pyridine rings is 1. The van der Waals surface area contributed by atoms with E-state index in [1.165, 1.54) is 4.40 Å². The van der Waals surface area contributed by atoms with Crippen LogP contribution >= 0.6 is 0 Å². The molecule has 21 heavy (non-hydrogen) atoms. The average molecular weight is 290 g/mol. The summed E-state index contributed by atoms with van der Waals surface area (Å²) in [4.78, 5) is 17.5. The first-order valence-corrected chi connectivity index (χ1v) is 7.12. The van der Waals surface area contributed by atoms with Crippen molar-refractivity contribution in [2.75, 3.05) is 19.7 Å². The van der Waals surface area contributed by atoms with Crippen molar-refractivity contribution in [3.8, 4) is 0 Å². The van der Waals surface area contributed by atoms with Gasteiger partial charge in [0.2, 0.25) is 5.65 Å². The number of imidazole rings is 1. The van der Waals surface area contributed by atoms with E-state index in [0.717, 1.165) is 25.9 Å². The van der Waals surface area contributed by atoms with Gasteiger partial charge in [0.15, 0.2) is 5.69 Å². The lowest BCUT2D eigenvalue weighted by molar-refractivity contribution is -0.391.